The van der Waals surface area contributed by atoms with E-state index in [1.807, 2.05) is 24.4 Å². The average Bonchev–Trinajstić information content (AvgIpc) is 3.10. The monoisotopic (exact) mass is 414 g/mol. The van der Waals surface area contributed by atoms with Crippen LogP contribution in [0.4, 0.5) is 0 Å². The first-order valence-electron chi connectivity index (χ1n) is 8.83. The first-order valence-corrected chi connectivity index (χ1v) is 8.83. The number of nitrogens with one attached hydrogen (secondary N) is 1. The van der Waals surface area contributed by atoms with Gasteiger partial charge in [-0.3, -0.25) is 4.79 Å². The SMILES string of the molecule is Cl.Cl.NCC1(C(=O)NCCc2nccn2Cc2ccccc2)CCOCC1. The lowest BCUT2D eigenvalue weighted by Crippen LogP contribution is -2.49. The lowest BCUT2D eigenvalue weighted by Gasteiger charge is -2.34. The van der Waals surface area contributed by atoms with Gasteiger partial charge in [0.1, 0.15) is 5.82 Å². The number of nitrogens with two attached hydrogens (primary N) is 1. The molecule has 0 unspecified atom stereocenters. The second kappa shape index (κ2) is 11.3. The van der Waals surface area contributed by atoms with Gasteiger partial charge in [-0.15, -0.1) is 24.8 Å². The van der Waals surface area contributed by atoms with E-state index in [1.165, 1.54) is 5.56 Å². The fraction of sp³-hybridized carbons (Fsp3) is 0.474. The van der Waals surface area contributed by atoms with Gasteiger partial charge >= 0.3 is 0 Å². The zero-order chi connectivity index (χ0) is 17.5. The fourth-order valence-corrected chi connectivity index (χ4v) is 3.25. The van der Waals surface area contributed by atoms with Gasteiger partial charge < -0.3 is 20.4 Å². The Hall–Kier alpha value is -1.60. The number of aromatic nitrogens is 2. The molecule has 0 spiro atoms. The normalized spacial score (nSPS) is 15.3. The highest BCUT2D eigenvalue weighted by molar-refractivity contribution is 5.85. The molecule has 1 aliphatic heterocycles. The van der Waals surface area contributed by atoms with E-state index in [-0.39, 0.29) is 30.7 Å². The summed E-state index contributed by atoms with van der Waals surface area (Å²) in [4.78, 5) is 17.0. The largest absolute Gasteiger partial charge is 0.381 e. The Kier molecular flexibility index (Phi) is 9.80. The molecule has 0 bridgehead atoms. The smallest absolute Gasteiger partial charge is 0.227 e. The van der Waals surface area contributed by atoms with Crippen LogP contribution in [0.1, 0.15) is 24.2 Å². The summed E-state index contributed by atoms with van der Waals surface area (Å²) in [5.74, 6) is 1.01. The Bertz CT molecular complexity index is 688. The number of benzene rings is 1. The first kappa shape index (κ1) is 23.4. The van der Waals surface area contributed by atoms with Crippen LogP contribution < -0.4 is 11.1 Å². The zero-order valence-electron chi connectivity index (χ0n) is 15.3. The van der Waals surface area contributed by atoms with E-state index in [4.69, 9.17) is 10.5 Å². The Labute approximate surface area is 172 Å². The number of hydrogen-bond acceptors (Lipinski definition) is 4. The quantitative estimate of drug-likeness (QED) is 0.727. The standard InChI is InChI=1S/C19H26N4O2.2ClH/c20-15-19(7-12-25-13-8-19)18(24)22-9-6-17-21-10-11-23(17)14-16-4-2-1-3-5-16;;/h1-5,10-11H,6-9,12-15,20H2,(H,22,24);2*1H. The Morgan fingerprint density at radius 1 is 1.22 bits per heavy atom. The van der Waals surface area contributed by atoms with Crippen LogP contribution in [0.5, 0.6) is 0 Å². The molecule has 8 heteroatoms. The number of rotatable bonds is 7. The van der Waals surface area contributed by atoms with Gasteiger partial charge in [0.25, 0.3) is 0 Å². The highest BCUT2D eigenvalue weighted by Gasteiger charge is 2.38. The van der Waals surface area contributed by atoms with Crippen LogP contribution in [0.25, 0.3) is 0 Å². The number of hydrogen-bond donors (Lipinski definition) is 2. The van der Waals surface area contributed by atoms with E-state index in [0.29, 0.717) is 45.6 Å². The zero-order valence-corrected chi connectivity index (χ0v) is 16.9. The van der Waals surface area contributed by atoms with Crippen LogP contribution in [-0.2, 0) is 22.5 Å². The van der Waals surface area contributed by atoms with Crippen LogP contribution >= 0.6 is 24.8 Å². The van der Waals surface area contributed by atoms with Crippen molar-refractivity contribution in [2.45, 2.75) is 25.8 Å². The van der Waals surface area contributed by atoms with E-state index in [0.717, 1.165) is 12.4 Å². The molecular weight excluding hydrogens is 387 g/mol. The number of carbonyl (C=O) groups is 1. The molecule has 150 valence electrons. The van der Waals surface area contributed by atoms with Crippen molar-refractivity contribution < 1.29 is 9.53 Å². The number of halogens is 2. The van der Waals surface area contributed by atoms with E-state index in [9.17, 15) is 4.79 Å². The molecular formula is C19H28Cl2N4O2. The van der Waals surface area contributed by atoms with Crippen LogP contribution in [0.2, 0.25) is 0 Å². The predicted molar refractivity (Wildman–Crippen MR) is 111 cm³/mol. The summed E-state index contributed by atoms with van der Waals surface area (Å²) in [5, 5.41) is 3.05. The molecule has 0 radical (unpaired) electrons. The molecule has 27 heavy (non-hydrogen) atoms. The number of amides is 1. The third kappa shape index (κ3) is 5.94. The Balaban J connectivity index is 0.00000182. The molecule has 2 aromatic rings. The molecule has 1 aromatic heterocycles. The van der Waals surface area contributed by atoms with Crippen molar-refractivity contribution >= 4 is 30.7 Å². The van der Waals surface area contributed by atoms with Crippen LogP contribution in [0.15, 0.2) is 42.7 Å². The number of carbonyl (C=O) groups excluding carboxylic acids is 1. The van der Waals surface area contributed by atoms with E-state index in [2.05, 4.69) is 27.0 Å². The second-order valence-electron chi connectivity index (χ2n) is 6.56. The summed E-state index contributed by atoms with van der Waals surface area (Å²) in [6.07, 6.45) is 5.86. The van der Waals surface area contributed by atoms with Crippen molar-refractivity contribution in [2.75, 3.05) is 26.3 Å². The minimum Gasteiger partial charge on any atom is -0.381 e. The summed E-state index contributed by atoms with van der Waals surface area (Å²) in [6.45, 7) is 2.92. The minimum absolute atomic E-state index is 0. The lowest BCUT2D eigenvalue weighted by molar-refractivity contribution is -0.135. The van der Waals surface area contributed by atoms with Crippen molar-refractivity contribution in [3.8, 4) is 0 Å². The average molecular weight is 415 g/mol. The first-order chi connectivity index (χ1) is 12.2. The number of nitrogens with zero attached hydrogens (tertiary/aromatic N) is 2. The van der Waals surface area contributed by atoms with Gasteiger partial charge in [-0.1, -0.05) is 30.3 Å². The van der Waals surface area contributed by atoms with Crippen molar-refractivity contribution in [1.29, 1.82) is 0 Å². The molecule has 1 aromatic carbocycles. The summed E-state index contributed by atoms with van der Waals surface area (Å²) in [6, 6.07) is 10.3. The van der Waals surface area contributed by atoms with Gasteiger partial charge in [-0.05, 0) is 18.4 Å². The summed E-state index contributed by atoms with van der Waals surface area (Å²) >= 11 is 0. The molecule has 0 atom stereocenters. The van der Waals surface area contributed by atoms with Crippen LogP contribution in [0.3, 0.4) is 0 Å². The van der Waals surface area contributed by atoms with Gasteiger partial charge in [0.05, 0.1) is 5.41 Å². The molecule has 1 saturated heterocycles. The summed E-state index contributed by atoms with van der Waals surface area (Å²) < 4.78 is 7.48. The van der Waals surface area contributed by atoms with E-state index in [1.54, 1.807) is 6.20 Å². The molecule has 1 aliphatic rings. The van der Waals surface area contributed by atoms with Gasteiger partial charge in [0.15, 0.2) is 0 Å². The van der Waals surface area contributed by atoms with Crippen molar-refractivity contribution in [3.05, 3.63) is 54.1 Å². The molecule has 2 heterocycles. The molecule has 0 saturated carbocycles. The van der Waals surface area contributed by atoms with Gasteiger partial charge in [0, 0.05) is 51.7 Å². The van der Waals surface area contributed by atoms with Gasteiger partial charge in [-0.25, -0.2) is 4.98 Å². The van der Waals surface area contributed by atoms with Crippen molar-refractivity contribution in [1.82, 2.24) is 14.9 Å². The topological polar surface area (TPSA) is 82.2 Å². The minimum atomic E-state index is -0.474. The van der Waals surface area contributed by atoms with E-state index < -0.39 is 5.41 Å². The maximum Gasteiger partial charge on any atom is 0.227 e. The highest BCUT2D eigenvalue weighted by atomic mass is 35.5. The molecule has 0 aliphatic carbocycles. The predicted octanol–water partition coefficient (Wildman–Crippen LogP) is 2.19. The molecule has 6 nitrogen and oxygen atoms in total. The maximum atomic E-state index is 12.6. The van der Waals surface area contributed by atoms with Gasteiger partial charge in [-0.2, -0.15) is 0 Å². The van der Waals surface area contributed by atoms with Crippen molar-refractivity contribution in [3.63, 3.8) is 0 Å². The van der Waals surface area contributed by atoms with Crippen LogP contribution in [-0.4, -0.2) is 41.8 Å². The van der Waals surface area contributed by atoms with Gasteiger partial charge in [0.2, 0.25) is 5.91 Å². The maximum absolute atomic E-state index is 12.6. The van der Waals surface area contributed by atoms with E-state index >= 15 is 0 Å². The van der Waals surface area contributed by atoms with Crippen molar-refractivity contribution in [2.24, 2.45) is 11.1 Å². The molecule has 3 rings (SSSR count). The third-order valence-corrected chi connectivity index (χ3v) is 4.95. The highest BCUT2D eigenvalue weighted by Crippen LogP contribution is 2.29. The Morgan fingerprint density at radius 3 is 2.59 bits per heavy atom. The Morgan fingerprint density at radius 2 is 1.93 bits per heavy atom. The van der Waals surface area contributed by atoms with Crippen LogP contribution in [0, 0.1) is 5.41 Å². The number of ether oxygens (including phenoxy) is 1. The third-order valence-electron chi connectivity index (χ3n) is 4.95. The molecule has 3 N–H and O–H groups in total. The second-order valence-corrected chi connectivity index (χ2v) is 6.56. The fourth-order valence-electron chi connectivity index (χ4n) is 3.25. The summed E-state index contributed by atoms with van der Waals surface area (Å²) in [7, 11) is 0. The molecule has 1 amide bonds. The number of imidazole rings is 1. The molecule has 1 fully saturated rings. The lowest BCUT2D eigenvalue weighted by atomic mass is 9.79. The summed E-state index contributed by atoms with van der Waals surface area (Å²) in [5.41, 5.74) is 6.64.